The van der Waals surface area contributed by atoms with Gasteiger partial charge in [0, 0.05) is 21.5 Å². The number of fused-ring (bicyclic) bond motifs is 15. The third-order valence-corrected chi connectivity index (χ3v) is 11.6. The SMILES string of the molecule is c1ccc2c(-c3c4ccccc4c(-c4ccc5c(c4)c4ccccc4c4ccc6oc7c8ccccc8ccc7c6c45)c4ccccc34)cccc2c1. The Morgan fingerprint density at radius 2 is 0.792 bits per heavy atom. The summed E-state index contributed by atoms with van der Waals surface area (Å²) >= 11 is 0. The number of furan rings is 1. The van der Waals surface area contributed by atoms with Crippen LogP contribution in [0.1, 0.15) is 0 Å². The molecule has 1 aromatic heterocycles. The molecule has 0 spiro atoms. The van der Waals surface area contributed by atoms with Crippen LogP contribution >= 0.6 is 0 Å². The Morgan fingerprint density at radius 1 is 0.283 bits per heavy atom. The maximum absolute atomic E-state index is 6.70. The van der Waals surface area contributed by atoms with Gasteiger partial charge in [0.05, 0.1) is 0 Å². The van der Waals surface area contributed by atoms with Gasteiger partial charge < -0.3 is 4.42 Å². The molecule has 1 nitrogen and oxygen atoms in total. The summed E-state index contributed by atoms with van der Waals surface area (Å²) in [5, 5.41) is 19.7. The van der Waals surface area contributed by atoms with Crippen LogP contribution in [-0.4, -0.2) is 0 Å². The Hall–Kier alpha value is -6.96. The van der Waals surface area contributed by atoms with Crippen LogP contribution in [0.5, 0.6) is 0 Å². The molecule has 0 saturated carbocycles. The minimum absolute atomic E-state index is 0.922. The number of benzene rings is 11. The van der Waals surface area contributed by atoms with Crippen molar-refractivity contribution in [2.45, 2.75) is 0 Å². The van der Waals surface area contributed by atoms with E-state index in [1.165, 1.54) is 97.7 Å². The van der Waals surface area contributed by atoms with Gasteiger partial charge in [-0.05, 0) is 111 Å². The summed E-state index contributed by atoms with van der Waals surface area (Å²) in [6, 6.07) is 66.8. The van der Waals surface area contributed by atoms with Crippen molar-refractivity contribution in [3.05, 3.63) is 182 Å². The van der Waals surface area contributed by atoms with Gasteiger partial charge >= 0.3 is 0 Å². The molecule has 1 heterocycles. The number of hydrogen-bond acceptors (Lipinski definition) is 1. The van der Waals surface area contributed by atoms with E-state index in [1.807, 2.05) is 0 Å². The lowest BCUT2D eigenvalue weighted by molar-refractivity contribution is 0.673. The molecule has 0 unspecified atom stereocenters. The highest BCUT2D eigenvalue weighted by atomic mass is 16.3. The zero-order chi connectivity index (χ0) is 34.6. The van der Waals surface area contributed by atoms with E-state index in [0.717, 1.165) is 21.9 Å². The molecule has 11 aromatic carbocycles. The molecular formula is C52H30O. The molecule has 0 aliphatic rings. The summed E-state index contributed by atoms with van der Waals surface area (Å²) in [5.74, 6) is 0. The Bertz CT molecular complexity index is 3450. The Balaban J connectivity index is 1.21. The van der Waals surface area contributed by atoms with Crippen LogP contribution in [0.4, 0.5) is 0 Å². The van der Waals surface area contributed by atoms with Gasteiger partial charge in [-0.25, -0.2) is 0 Å². The van der Waals surface area contributed by atoms with Gasteiger partial charge in [0.25, 0.3) is 0 Å². The number of rotatable bonds is 2. The molecule has 0 amide bonds. The summed E-state index contributed by atoms with van der Waals surface area (Å²) in [6.07, 6.45) is 0. The second kappa shape index (κ2) is 10.8. The van der Waals surface area contributed by atoms with Crippen LogP contribution in [0.15, 0.2) is 186 Å². The summed E-state index contributed by atoms with van der Waals surface area (Å²) < 4.78 is 6.70. The van der Waals surface area contributed by atoms with Gasteiger partial charge in [-0.15, -0.1) is 0 Å². The summed E-state index contributed by atoms with van der Waals surface area (Å²) in [6.45, 7) is 0. The summed E-state index contributed by atoms with van der Waals surface area (Å²) in [7, 11) is 0. The van der Waals surface area contributed by atoms with Gasteiger partial charge in [0.2, 0.25) is 0 Å². The molecule has 0 atom stereocenters. The van der Waals surface area contributed by atoms with Crippen molar-refractivity contribution in [3.8, 4) is 22.3 Å². The Morgan fingerprint density at radius 3 is 1.51 bits per heavy atom. The van der Waals surface area contributed by atoms with E-state index >= 15 is 0 Å². The molecule has 53 heavy (non-hydrogen) atoms. The topological polar surface area (TPSA) is 13.1 Å². The number of hydrogen-bond donors (Lipinski definition) is 0. The van der Waals surface area contributed by atoms with Crippen LogP contribution in [-0.2, 0) is 0 Å². The van der Waals surface area contributed by atoms with E-state index in [2.05, 4.69) is 182 Å². The predicted molar refractivity (Wildman–Crippen MR) is 227 cm³/mol. The Labute approximate surface area is 304 Å². The molecule has 0 N–H and O–H groups in total. The van der Waals surface area contributed by atoms with Gasteiger partial charge in [-0.2, -0.15) is 0 Å². The van der Waals surface area contributed by atoms with Crippen LogP contribution in [0.2, 0.25) is 0 Å². The first kappa shape index (κ1) is 28.7. The van der Waals surface area contributed by atoms with Gasteiger partial charge in [0.15, 0.2) is 0 Å². The molecular weight excluding hydrogens is 641 g/mol. The minimum atomic E-state index is 0.922. The van der Waals surface area contributed by atoms with E-state index in [1.54, 1.807) is 0 Å². The molecule has 244 valence electrons. The first-order valence-electron chi connectivity index (χ1n) is 18.3. The van der Waals surface area contributed by atoms with Crippen molar-refractivity contribution in [2.75, 3.05) is 0 Å². The van der Waals surface area contributed by atoms with E-state index in [0.29, 0.717) is 0 Å². The quantitative estimate of drug-likeness (QED) is 0.132. The molecule has 0 saturated heterocycles. The molecule has 12 aromatic rings. The van der Waals surface area contributed by atoms with Crippen molar-refractivity contribution in [2.24, 2.45) is 0 Å². The Kier molecular flexibility index (Phi) is 5.84. The van der Waals surface area contributed by atoms with E-state index < -0.39 is 0 Å². The second-order valence-corrected chi connectivity index (χ2v) is 14.3. The maximum Gasteiger partial charge on any atom is 0.143 e. The highest BCUT2D eigenvalue weighted by Gasteiger charge is 2.21. The lowest BCUT2D eigenvalue weighted by Gasteiger charge is -2.19. The first-order valence-corrected chi connectivity index (χ1v) is 18.3. The molecule has 1 heteroatoms. The van der Waals surface area contributed by atoms with Crippen LogP contribution in [0.3, 0.4) is 0 Å². The smallest absolute Gasteiger partial charge is 0.143 e. The maximum atomic E-state index is 6.70. The van der Waals surface area contributed by atoms with Crippen LogP contribution < -0.4 is 0 Å². The third-order valence-electron chi connectivity index (χ3n) is 11.6. The standard InChI is InChI=1S/C52H30O/c1-3-15-34-31(12-1)14-11-23-38(34)49-41-21-9-7-19-39(41)48(40-20-8-10-22-42(40)49)33-25-26-44-46(30-33)37-18-6-5-17-36(37)43-28-29-47-51(50(43)44)45-27-24-32-13-2-4-16-35(32)52(45)53-47/h1-30H. The molecule has 0 radical (unpaired) electrons. The van der Waals surface area contributed by atoms with Crippen molar-refractivity contribution >= 4 is 97.3 Å². The molecule has 0 aliphatic heterocycles. The molecule has 0 bridgehead atoms. The van der Waals surface area contributed by atoms with Gasteiger partial charge in [-0.1, -0.05) is 158 Å². The van der Waals surface area contributed by atoms with E-state index in [4.69, 9.17) is 4.42 Å². The minimum Gasteiger partial charge on any atom is -0.455 e. The van der Waals surface area contributed by atoms with E-state index in [-0.39, 0.29) is 0 Å². The van der Waals surface area contributed by atoms with Crippen LogP contribution in [0, 0.1) is 0 Å². The average Bonchev–Trinajstić information content (AvgIpc) is 3.62. The van der Waals surface area contributed by atoms with Gasteiger partial charge in [-0.3, -0.25) is 0 Å². The molecule has 0 fully saturated rings. The monoisotopic (exact) mass is 670 g/mol. The fourth-order valence-corrected chi connectivity index (χ4v) is 9.37. The van der Waals surface area contributed by atoms with Crippen molar-refractivity contribution in [1.82, 2.24) is 0 Å². The molecule has 0 aliphatic carbocycles. The van der Waals surface area contributed by atoms with Crippen molar-refractivity contribution < 1.29 is 4.42 Å². The largest absolute Gasteiger partial charge is 0.455 e. The zero-order valence-electron chi connectivity index (χ0n) is 28.7. The highest BCUT2D eigenvalue weighted by molar-refractivity contribution is 6.36. The normalized spacial score (nSPS) is 12.2. The van der Waals surface area contributed by atoms with Crippen LogP contribution in [0.25, 0.3) is 120 Å². The highest BCUT2D eigenvalue weighted by Crippen LogP contribution is 2.48. The van der Waals surface area contributed by atoms with Gasteiger partial charge in [0.1, 0.15) is 11.2 Å². The lowest BCUT2D eigenvalue weighted by atomic mass is 9.84. The second-order valence-electron chi connectivity index (χ2n) is 14.3. The lowest BCUT2D eigenvalue weighted by Crippen LogP contribution is -1.92. The van der Waals surface area contributed by atoms with Crippen molar-refractivity contribution in [3.63, 3.8) is 0 Å². The third kappa shape index (κ3) is 3.97. The predicted octanol–water partition coefficient (Wildman–Crippen LogP) is 15.0. The zero-order valence-corrected chi connectivity index (χ0v) is 28.7. The average molecular weight is 671 g/mol. The fourth-order valence-electron chi connectivity index (χ4n) is 9.37. The first-order chi connectivity index (χ1) is 26.3. The molecule has 12 rings (SSSR count). The fraction of sp³-hybridized carbons (Fsp3) is 0. The van der Waals surface area contributed by atoms with Crippen molar-refractivity contribution in [1.29, 1.82) is 0 Å². The summed E-state index contributed by atoms with van der Waals surface area (Å²) in [4.78, 5) is 0. The van der Waals surface area contributed by atoms with E-state index in [9.17, 15) is 0 Å². The summed E-state index contributed by atoms with van der Waals surface area (Å²) in [5.41, 5.74) is 6.91.